The fourth-order valence-corrected chi connectivity index (χ4v) is 2.72. The molecule has 0 bridgehead atoms. The third kappa shape index (κ3) is 5.37. The first-order chi connectivity index (χ1) is 12.6. The molecule has 0 unspecified atom stereocenters. The summed E-state index contributed by atoms with van der Waals surface area (Å²) >= 11 is 0. The van der Waals surface area contributed by atoms with Gasteiger partial charge >= 0.3 is 0 Å². The summed E-state index contributed by atoms with van der Waals surface area (Å²) in [6.07, 6.45) is 2.18. The molecular formula is C18H27N7O2. The van der Waals surface area contributed by atoms with E-state index in [-0.39, 0.29) is 29.3 Å². The number of fused-ring (bicyclic) bond motifs is 1. The lowest BCUT2D eigenvalue weighted by Gasteiger charge is -2.22. The Kier molecular flexibility index (Phi) is 6.33. The van der Waals surface area contributed by atoms with Crippen molar-refractivity contribution in [3.63, 3.8) is 0 Å². The number of aromatic nitrogens is 4. The first kappa shape index (κ1) is 20.6. The number of hydrogen-bond donors (Lipinski definition) is 1. The highest BCUT2D eigenvalue weighted by Crippen LogP contribution is 2.19. The molecule has 27 heavy (non-hydrogen) atoms. The number of amides is 1. The maximum absolute atomic E-state index is 12.8. The minimum atomic E-state index is -0.331. The molecule has 9 nitrogen and oxygen atoms in total. The molecule has 1 amide bonds. The van der Waals surface area contributed by atoms with Crippen molar-refractivity contribution < 1.29 is 4.79 Å². The highest BCUT2D eigenvalue weighted by Gasteiger charge is 2.22. The Morgan fingerprint density at radius 1 is 1.33 bits per heavy atom. The van der Waals surface area contributed by atoms with Gasteiger partial charge in [0.05, 0.1) is 0 Å². The molecule has 2 heterocycles. The summed E-state index contributed by atoms with van der Waals surface area (Å²) in [5.74, 6) is -0.238. The van der Waals surface area contributed by atoms with Crippen LogP contribution in [0.5, 0.6) is 0 Å². The third-order valence-corrected chi connectivity index (χ3v) is 3.89. The van der Waals surface area contributed by atoms with Gasteiger partial charge in [0.25, 0.3) is 5.56 Å². The minimum Gasteiger partial charge on any atom is -0.354 e. The maximum Gasteiger partial charge on any atom is 0.278 e. The van der Waals surface area contributed by atoms with Crippen molar-refractivity contribution in [3.8, 4) is 6.07 Å². The second kappa shape index (κ2) is 8.31. The molecule has 2 aromatic heterocycles. The number of nitriles is 1. The van der Waals surface area contributed by atoms with Gasteiger partial charge in [-0.3, -0.25) is 14.3 Å². The molecule has 0 aliphatic rings. The summed E-state index contributed by atoms with van der Waals surface area (Å²) in [5, 5.41) is 12.2. The molecule has 0 saturated carbocycles. The predicted octanol–water partition coefficient (Wildman–Crippen LogP) is 0.579. The number of hydrogen-bond acceptors (Lipinski definition) is 6. The normalized spacial score (nSPS) is 11.7. The van der Waals surface area contributed by atoms with Crippen molar-refractivity contribution in [3.05, 3.63) is 22.4 Å². The van der Waals surface area contributed by atoms with E-state index in [1.54, 1.807) is 4.68 Å². The molecule has 0 radical (unpaired) electrons. The van der Waals surface area contributed by atoms with E-state index in [1.807, 2.05) is 45.8 Å². The Morgan fingerprint density at radius 3 is 2.63 bits per heavy atom. The largest absolute Gasteiger partial charge is 0.354 e. The van der Waals surface area contributed by atoms with Gasteiger partial charge in [-0.15, -0.1) is 0 Å². The first-order valence-electron chi connectivity index (χ1n) is 8.90. The van der Waals surface area contributed by atoms with E-state index in [1.165, 1.54) is 10.9 Å². The van der Waals surface area contributed by atoms with Gasteiger partial charge in [-0.25, -0.2) is 9.67 Å². The molecule has 2 rings (SSSR count). The monoisotopic (exact) mass is 373 g/mol. The van der Waals surface area contributed by atoms with Crippen LogP contribution < -0.4 is 10.9 Å². The summed E-state index contributed by atoms with van der Waals surface area (Å²) in [4.78, 5) is 35.3. The van der Waals surface area contributed by atoms with Gasteiger partial charge in [-0.05, 0) is 32.5 Å². The Labute approximate surface area is 158 Å². The van der Waals surface area contributed by atoms with Crippen LogP contribution in [0.2, 0.25) is 0 Å². The molecule has 1 N–H and O–H groups in total. The first-order valence-corrected chi connectivity index (χ1v) is 8.90. The minimum absolute atomic E-state index is 0.00422. The van der Waals surface area contributed by atoms with Gasteiger partial charge in [0.15, 0.2) is 5.65 Å². The van der Waals surface area contributed by atoms with Crippen molar-refractivity contribution in [1.29, 1.82) is 5.26 Å². The lowest BCUT2D eigenvalue weighted by atomic mass is 9.97. The van der Waals surface area contributed by atoms with E-state index in [9.17, 15) is 9.59 Å². The summed E-state index contributed by atoms with van der Waals surface area (Å²) in [6, 6.07) is 1.89. The number of nitrogens with zero attached hydrogens (tertiary/aromatic N) is 6. The molecule has 0 spiro atoms. The Hall–Kier alpha value is -2.73. The van der Waals surface area contributed by atoms with Gasteiger partial charge in [0.1, 0.15) is 18.0 Å². The van der Waals surface area contributed by atoms with E-state index >= 15 is 0 Å². The van der Waals surface area contributed by atoms with Crippen molar-refractivity contribution in [2.24, 2.45) is 5.41 Å². The number of nitrogens with one attached hydrogen (secondary N) is 1. The van der Waals surface area contributed by atoms with Crippen LogP contribution >= 0.6 is 0 Å². The predicted molar refractivity (Wildman–Crippen MR) is 102 cm³/mol. The van der Waals surface area contributed by atoms with Crippen LogP contribution in [0, 0.1) is 16.7 Å². The van der Waals surface area contributed by atoms with Crippen LogP contribution in [0.1, 0.15) is 33.0 Å². The third-order valence-electron chi connectivity index (χ3n) is 3.89. The van der Waals surface area contributed by atoms with Crippen LogP contribution in [0.25, 0.3) is 11.0 Å². The average molecular weight is 373 g/mol. The zero-order valence-corrected chi connectivity index (χ0v) is 16.6. The Morgan fingerprint density at radius 2 is 2.04 bits per heavy atom. The Balaban J connectivity index is 2.33. The second-order valence-corrected chi connectivity index (χ2v) is 8.03. The number of rotatable bonds is 7. The lowest BCUT2D eigenvalue weighted by Crippen LogP contribution is -2.36. The standard InChI is InChI=1S/C18H27N7O2/c1-18(2,3)12-25-16-13(10-21-14(9-19)22-16)17(27)24(25)11-15(26)20-7-6-8-23(4)5/h10H,6-8,11-12H2,1-5H3,(H,20,26). The zero-order valence-electron chi connectivity index (χ0n) is 16.6. The fourth-order valence-electron chi connectivity index (χ4n) is 2.72. The fraction of sp³-hybridized carbons (Fsp3) is 0.611. The van der Waals surface area contributed by atoms with Crippen LogP contribution in [-0.4, -0.2) is 57.3 Å². The maximum atomic E-state index is 12.8. The highest BCUT2D eigenvalue weighted by molar-refractivity contribution is 5.78. The lowest BCUT2D eigenvalue weighted by molar-refractivity contribution is -0.122. The SMILES string of the molecule is CN(C)CCCNC(=O)Cn1c(=O)c2cnc(C#N)nc2n1CC(C)(C)C. The van der Waals surface area contributed by atoms with Crippen molar-refractivity contribution >= 4 is 16.9 Å². The summed E-state index contributed by atoms with van der Waals surface area (Å²) < 4.78 is 3.06. The van der Waals surface area contributed by atoms with Crippen molar-refractivity contribution in [2.75, 3.05) is 27.2 Å². The quantitative estimate of drug-likeness (QED) is 0.711. The summed E-state index contributed by atoms with van der Waals surface area (Å²) in [5.41, 5.74) is -0.107. The summed E-state index contributed by atoms with van der Waals surface area (Å²) in [7, 11) is 3.95. The molecule has 0 saturated heterocycles. The second-order valence-electron chi connectivity index (χ2n) is 8.03. The van der Waals surface area contributed by atoms with Crippen LogP contribution in [0.4, 0.5) is 0 Å². The van der Waals surface area contributed by atoms with Crippen LogP contribution in [0.15, 0.2) is 11.0 Å². The van der Waals surface area contributed by atoms with Gasteiger partial charge < -0.3 is 10.2 Å². The average Bonchev–Trinajstić information content (AvgIpc) is 2.82. The van der Waals surface area contributed by atoms with E-state index < -0.39 is 0 Å². The molecule has 9 heteroatoms. The van der Waals surface area contributed by atoms with Gasteiger partial charge in [-0.1, -0.05) is 20.8 Å². The van der Waals surface area contributed by atoms with E-state index in [2.05, 4.69) is 15.3 Å². The molecule has 0 aromatic carbocycles. The number of carbonyl (C=O) groups is 1. The zero-order chi connectivity index (χ0) is 20.2. The van der Waals surface area contributed by atoms with Gasteiger partial charge in [0.2, 0.25) is 11.7 Å². The molecule has 0 aliphatic heterocycles. The van der Waals surface area contributed by atoms with E-state index in [0.717, 1.165) is 13.0 Å². The Bertz CT molecular complexity index is 913. The van der Waals surface area contributed by atoms with Crippen molar-refractivity contribution in [1.82, 2.24) is 29.5 Å². The highest BCUT2D eigenvalue weighted by atomic mass is 16.2. The molecule has 2 aromatic rings. The van der Waals surface area contributed by atoms with Crippen LogP contribution in [0.3, 0.4) is 0 Å². The smallest absolute Gasteiger partial charge is 0.278 e. The van der Waals surface area contributed by atoms with Gasteiger partial charge in [-0.2, -0.15) is 10.2 Å². The van der Waals surface area contributed by atoms with Crippen molar-refractivity contribution in [2.45, 2.75) is 40.3 Å². The topological polar surface area (TPSA) is 109 Å². The van der Waals surface area contributed by atoms with Gasteiger partial charge in [0, 0.05) is 19.3 Å². The molecular weight excluding hydrogens is 346 g/mol. The summed E-state index contributed by atoms with van der Waals surface area (Å²) in [6.45, 7) is 7.88. The molecule has 0 fully saturated rings. The van der Waals surface area contributed by atoms with E-state index in [4.69, 9.17) is 5.26 Å². The van der Waals surface area contributed by atoms with Crippen LogP contribution in [-0.2, 0) is 17.9 Å². The molecule has 146 valence electrons. The van der Waals surface area contributed by atoms with E-state index in [0.29, 0.717) is 24.1 Å². The number of carbonyl (C=O) groups excluding carboxylic acids is 1. The molecule has 0 aliphatic carbocycles. The molecule has 0 atom stereocenters.